The van der Waals surface area contributed by atoms with E-state index in [-0.39, 0.29) is 11.6 Å². The molecule has 0 fully saturated rings. The van der Waals surface area contributed by atoms with Crippen molar-refractivity contribution in [2.75, 3.05) is 0 Å². The van der Waals surface area contributed by atoms with Crippen LogP contribution in [-0.4, -0.2) is 11.6 Å². The number of aryl methyl sites for hydroxylation is 1. The molecule has 2 aromatic carbocycles. The summed E-state index contributed by atoms with van der Waals surface area (Å²) in [7, 11) is 0. The molecule has 1 radical (unpaired) electrons. The minimum absolute atomic E-state index is 0.0658. The zero-order valence-electron chi connectivity index (χ0n) is 9.99. The van der Waals surface area contributed by atoms with Gasteiger partial charge in [0.2, 0.25) is 0 Å². The van der Waals surface area contributed by atoms with E-state index in [1.54, 1.807) is 24.3 Å². The van der Waals surface area contributed by atoms with E-state index in [1.807, 2.05) is 19.1 Å². The highest BCUT2D eigenvalue weighted by Crippen LogP contribution is 2.27. The third-order valence-corrected chi connectivity index (χ3v) is 3.33. The monoisotopic (exact) mass is 235 g/mol. The Bertz CT molecular complexity index is 669. The van der Waals surface area contributed by atoms with Crippen molar-refractivity contribution in [1.82, 2.24) is 0 Å². The predicted octanol–water partition coefficient (Wildman–Crippen LogP) is 2.82. The molecule has 2 aromatic rings. The van der Waals surface area contributed by atoms with Crippen molar-refractivity contribution in [3.8, 4) is 0 Å². The Hall–Kier alpha value is -2.22. The fourth-order valence-electron chi connectivity index (χ4n) is 2.30. The summed E-state index contributed by atoms with van der Waals surface area (Å²) >= 11 is 0. The molecule has 0 atom stereocenters. The lowest BCUT2D eigenvalue weighted by molar-refractivity contribution is 0.0979. The number of hydrogen-bond donors (Lipinski definition) is 0. The molecule has 0 aromatic heterocycles. The summed E-state index contributed by atoms with van der Waals surface area (Å²) in [5.41, 5.74) is 3.04. The second kappa shape index (κ2) is 3.91. The molecule has 18 heavy (non-hydrogen) atoms. The van der Waals surface area contributed by atoms with Crippen LogP contribution in [0.5, 0.6) is 0 Å². The van der Waals surface area contributed by atoms with Gasteiger partial charge in [0.05, 0.1) is 0 Å². The molecule has 0 saturated carbocycles. The Morgan fingerprint density at radius 3 is 2.44 bits per heavy atom. The number of hydrogen-bond acceptors (Lipinski definition) is 2. The van der Waals surface area contributed by atoms with Crippen molar-refractivity contribution in [3.63, 3.8) is 0 Å². The average molecular weight is 235 g/mol. The van der Waals surface area contributed by atoms with E-state index in [9.17, 15) is 9.59 Å². The zero-order chi connectivity index (χ0) is 12.7. The molecule has 87 valence electrons. The molecular formula is C16H11O2. The maximum atomic E-state index is 12.4. The van der Waals surface area contributed by atoms with Crippen molar-refractivity contribution in [3.05, 3.63) is 70.3 Å². The fourth-order valence-corrected chi connectivity index (χ4v) is 2.30. The Morgan fingerprint density at radius 1 is 0.944 bits per heavy atom. The van der Waals surface area contributed by atoms with E-state index in [2.05, 4.69) is 6.07 Å². The normalized spacial score (nSPS) is 13.2. The second-order valence-corrected chi connectivity index (χ2v) is 4.36. The van der Waals surface area contributed by atoms with Gasteiger partial charge < -0.3 is 0 Å². The topological polar surface area (TPSA) is 34.1 Å². The van der Waals surface area contributed by atoms with Crippen LogP contribution in [0, 0.1) is 6.07 Å². The molecule has 0 amide bonds. The Balaban J connectivity index is 2.27. The van der Waals surface area contributed by atoms with Gasteiger partial charge in [-0.3, -0.25) is 9.59 Å². The fraction of sp³-hybridized carbons (Fsp3) is 0.125. The first-order chi connectivity index (χ1) is 8.72. The van der Waals surface area contributed by atoms with Gasteiger partial charge in [0.15, 0.2) is 11.6 Å². The summed E-state index contributed by atoms with van der Waals surface area (Å²) in [6.45, 7) is 2.03. The van der Waals surface area contributed by atoms with Gasteiger partial charge in [-0.2, -0.15) is 0 Å². The van der Waals surface area contributed by atoms with Crippen LogP contribution in [-0.2, 0) is 6.42 Å². The van der Waals surface area contributed by atoms with Crippen LogP contribution in [0.15, 0.2) is 36.4 Å². The summed E-state index contributed by atoms with van der Waals surface area (Å²) in [5.74, 6) is -0.150. The van der Waals surface area contributed by atoms with Gasteiger partial charge in [-0.25, -0.2) is 0 Å². The van der Waals surface area contributed by atoms with Crippen molar-refractivity contribution >= 4 is 11.6 Å². The number of carbonyl (C=O) groups is 2. The maximum Gasteiger partial charge on any atom is 0.194 e. The Morgan fingerprint density at radius 2 is 1.67 bits per heavy atom. The largest absolute Gasteiger partial charge is 0.289 e. The van der Waals surface area contributed by atoms with Gasteiger partial charge in [0, 0.05) is 22.3 Å². The number of rotatable bonds is 1. The lowest BCUT2D eigenvalue weighted by atomic mass is 9.83. The Labute approximate surface area is 105 Å². The highest BCUT2D eigenvalue weighted by atomic mass is 16.1. The number of ketones is 2. The van der Waals surface area contributed by atoms with Gasteiger partial charge in [0.25, 0.3) is 0 Å². The molecule has 0 N–H and O–H groups in total. The van der Waals surface area contributed by atoms with E-state index in [1.165, 1.54) is 0 Å². The third-order valence-electron chi connectivity index (χ3n) is 3.33. The molecule has 0 heterocycles. The molecule has 2 nitrogen and oxygen atoms in total. The van der Waals surface area contributed by atoms with E-state index in [4.69, 9.17) is 0 Å². The van der Waals surface area contributed by atoms with Crippen molar-refractivity contribution < 1.29 is 9.59 Å². The minimum Gasteiger partial charge on any atom is -0.289 e. The van der Waals surface area contributed by atoms with Crippen molar-refractivity contribution in [2.24, 2.45) is 0 Å². The molecular weight excluding hydrogens is 224 g/mol. The molecule has 0 bridgehead atoms. The highest BCUT2D eigenvalue weighted by Gasteiger charge is 2.29. The predicted molar refractivity (Wildman–Crippen MR) is 68.0 cm³/mol. The van der Waals surface area contributed by atoms with E-state index in [0.717, 1.165) is 12.0 Å². The van der Waals surface area contributed by atoms with Crippen LogP contribution >= 0.6 is 0 Å². The summed E-state index contributed by atoms with van der Waals surface area (Å²) in [4.78, 5) is 24.6. The summed E-state index contributed by atoms with van der Waals surface area (Å²) in [6.07, 6.45) is 0.851. The molecule has 2 heteroatoms. The maximum absolute atomic E-state index is 12.4. The summed E-state index contributed by atoms with van der Waals surface area (Å²) < 4.78 is 0. The van der Waals surface area contributed by atoms with Crippen LogP contribution in [0.3, 0.4) is 0 Å². The first-order valence-corrected chi connectivity index (χ1v) is 5.94. The molecule has 0 aliphatic heterocycles. The molecule has 0 unspecified atom stereocenters. The molecule has 1 aliphatic carbocycles. The van der Waals surface area contributed by atoms with Crippen LogP contribution in [0.25, 0.3) is 0 Å². The van der Waals surface area contributed by atoms with Crippen molar-refractivity contribution in [2.45, 2.75) is 13.3 Å². The number of fused-ring (bicyclic) bond motifs is 2. The van der Waals surface area contributed by atoms with Crippen LogP contribution in [0.1, 0.15) is 44.3 Å². The minimum atomic E-state index is -0.0842. The zero-order valence-corrected chi connectivity index (χ0v) is 9.99. The third kappa shape index (κ3) is 1.42. The van der Waals surface area contributed by atoms with E-state index < -0.39 is 0 Å². The Kier molecular flexibility index (Phi) is 2.37. The summed E-state index contributed by atoms with van der Waals surface area (Å²) in [6, 6.07) is 13.3. The van der Waals surface area contributed by atoms with Crippen molar-refractivity contribution in [1.29, 1.82) is 0 Å². The summed E-state index contributed by atoms with van der Waals surface area (Å²) in [5, 5.41) is 0. The van der Waals surface area contributed by atoms with E-state index in [0.29, 0.717) is 22.3 Å². The van der Waals surface area contributed by atoms with Gasteiger partial charge in [0.1, 0.15) is 0 Å². The van der Waals surface area contributed by atoms with Gasteiger partial charge >= 0.3 is 0 Å². The van der Waals surface area contributed by atoms with E-state index >= 15 is 0 Å². The second-order valence-electron chi connectivity index (χ2n) is 4.36. The van der Waals surface area contributed by atoms with Gasteiger partial charge in [-0.05, 0) is 36.2 Å². The number of benzene rings is 2. The molecule has 3 rings (SSSR count). The smallest absolute Gasteiger partial charge is 0.194 e. The standard InChI is InChI=1S/C16H11O2/c1-2-10-7-8-13-14(9-10)16(18)12-6-4-3-5-11(12)15(13)17/h4-9H,2H2,1H3. The molecule has 1 aliphatic rings. The van der Waals surface area contributed by atoms with Crippen LogP contribution < -0.4 is 0 Å². The SMILES string of the molecule is CCc1ccc2c(c1)C(=O)c1cc[c]cc1C2=O. The lowest BCUT2D eigenvalue weighted by Crippen LogP contribution is -2.20. The molecule has 0 spiro atoms. The lowest BCUT2D eigenvalue weighted by Gasteiger charge is -2.17. The van der Waals surface area contributed by atoms with Crippen LogP contribution in [0.2, 0.25) is 0 Å². The first-order valence-electron chi connectivity index (χ1n) is 5.94. The first kappa shape index (κ1) is 10.9. The number of carbonyl (C=O) groups excluding carboxylic acids is 2. The van der Waals surface area contributed by atoms with Gasteiger partial charge in [-0.1, -0.05) is 25.1 Å². The van der Waals surface area contributed by atoms with Crippen LogP contribution in [0.4, 0.5) is 0 Å². The highest BCUT2D eigenvalue weighted by molar-refractivity contribution is 6.28. The average Bonchev–Trinajstić information content (AvgIpc) is 2.44. The van der Waals surface area contributed by atoms with Gasteiger partial charge in [-0.15, -0.1) is 0 Å². The quantitative estimate of drug-likeness (QED) is 0.650. The molecule has 0 saturated heterocycles.